The predicted octanol–water partition coefficient (Wildman–Crippen LogP) is 3.35. The van der Waals surface area contributed by atoms with Gasteiger partial charge in [-0.05, 0) is 44.2 Å². The van der Waals surface area contributed by atoms with E-state index in [2.05, 4.69) is 20.6 Å². The maximum absolute atomic E-state index is 13.6. The van der Waals surface area contributed by atoms with Gasteiger partial charge in [-0.2, -0.15) is 0 Å². The second kappa shape index (κ2) is 8.25. The van der Waals surface area contributed by atoms with E-state index in [0.29, 0.717) is 12.3 Å². The molecule has 2 N–H and O–H groups in total. The lowest BCUT2D eigenvalue weighted by molar-refractivity contribution is -0.120. The summed E-state index contributed by atoms with van der Waals surface area (Å²) >= 11 is 0. The molecule has 0 saturated heterocycles. The van der Waals surface area contributed by atoms with Crippen molar-refractivity contribution in [2.45, 2.75) is 51.5 Å². The number of hydrogen-bond donors (Lipinski definition) is 2. The van der Waals surface area contributed by atoms with Gasteiger partial charge in [-0.1, -0.05) is 18.2 Å². The van der Waals surface area contributed by atoms with Gasteiger partial charge in [0, 0.05) is 37.2 Å². The van der Waals surface area contributed by atoms with Crippen LogP contribution in [-0.2, 0) is 11.2 Å². The molecule has 1 amide bonds. The number of nitrogens with zero attached hydrogens (tertiary/aromatic N) is 2. The molecule has 0 bridgehead atoms. The van der Waals surface area contributed by atoms with Gasteiger partial charge in [-0.15, -0.1) is 0 Å². The zero-order chi connectivity index (χ0) is 18.5. The van der Waals surface area contributed by atoms with E-state index in [0.717, 1.165) is 48.7 Å². The third-order valence-electron chi connectivity index (χ3n) is 4.71. The molecule has 0 aliphatic heterocycles. The largest absolute Gasteiger partial charge is 0.370 e. The molecule has 1 saturated carbocycles. The fraction of sp³-hybridized carbons (Fsp3) is 0.450. The highest BCUT2D eigenvalue weighted by molar-refractivity contribution is 5.73. The van der Waals surface area contributed by atoms with Gasteiger partial charge in [0.2, 0.25) is 5.91 Å². The molecule has 6 heteroatoms. The molecule has 138 valence electrons. The third kappa shape index (κ3) is 4.77. The van der Waals surface area contributed by atoms with Gasteiger partial charge < -0.3 is 10.6 Å². The number of rotatable bonds is 7. The lowest BCUT2D eigenvalue weighted by atomic mass is 9.78. The average molecular weight is 356 g/mol. The summed E-state index contributed by atoms with van der Waals surface area (Å²) in [5.41, 5.74) is 1.77. The Morgan fingerprint density at radius 3 is 2.77 bits per heavy atom. The predicted molar refractivity (Wildman–Crippen MR) is 99.6 cm³/mol. The van der Waals surface area contributed by atoms with Crippen LogP contribution in [0.5, 0.6) is 0 Å². The van der Waals surface area contributed by atoms with Crippen molar-refractivity contribution < 1.29 is 9.18 Å². The van der Waals surface area contributed by atoms with Crippen LogP contribution in [-0.4, -0.2) is 28.5 Å². The van der Waals surface area contributed by atoms with E-state index in [1.54, 1.807) is 13.0 Å². The van der Waals surface area contributed by atoms with E-state index in [4.69, 9.17) is 0 Å². The zero-order valence-electron chi connectivity index (χ0n) is 15.3. The van der Waals surface area contributed by atoms with Crippen LogP contribution in [0.1, 0.15) is 49.2 Å². The van der Waals surface area contributed by atoms with Crippen molar-refractivity contribution in [3.05, 3.63) is 53.2 Å². The Morgan fingerprint density at radius 2 is 2.04 bits per heavy atom. The molecule has 26 heavy (non-hydrogen) atoms. The normalized spacial score (nSPS) is 18.9. The van der Waals surface area contributed by atoms with Crippen LogP contribution >= 0.6 is 0 Å². The first-order valence-corrected chi connectivity index (χ1v) is 9.11. The number of halogens is 1. The number of anilines is 1. The summed E-state index contributed by atoms with van der Waals surface area (Å²) in [5, 5.41) is 6.26. The van der Waals surface area contributed by atoms with Crippen LogP contribution in [0.25, 0.3) is 0 Å². The van der Waals surface area contributed by atoms with Crippen LogP contribution < -0.4 is 10.6 Å². The highest BCUT2D eigenvalue weighted by Crippen LogP contribution is 2.36. The molecule has 1 heterocycles. The Hall–Kier alpha value is -2.50. The topological polar surface area (TPSA) is 66.9 Å². The number of nitrogens with one attached hydrogen (secondary N) is 2. The third-order valence-corrected chi connectivity index (χ3v) is 4.71. The quantitative estimate of drug-likeness (QED) is 0.747. The fourth-order valence-electron chi connectivity index (χ4n) is 3.35. The van der Waals surface area contributed by atoms with Crippen LogP contribution in [0.4, 0.5) is 10.2 Å². The van der Waals surface area contributed by atoms with E-state index in [1.165, 1.54) is 6.07 Å². The Kier molecular flexibility index (Phi) is 5.81. The molecule has 0 atom stereocenters. The van der Waals surface area contributed by atoms with Crippen LogP contribution in [0.15, 0.2) is 30.3 Å². The summed E-state index contributed by atoms with van der Waals surface area (Å²) in [6.45, 7) is 4.16. The number of aromatic nitrogens is 2. The minimum absolute atomic E-state index is 0.0181. The zero-order valence-corrected chi connectivity index (χ0v) is 15.3. The van der Waals surface area contributed by atoms with Crippen LogP contribution in [0.3, 0.4) is 0 Å². The van der Waals surface area contributed by atoms with E-state index < -0.39 is 0 Å². The number of benzene rings is 1. The smallest absolute Gasteiger partial charge is 0.217 e. The molecule has 2 aromatic rings. The molecule has 3 rings (SSSR count). The molecule has 1 aliphatic carbocycles. The number of carbonyl (C=O) groups is 1. The highest BCUT2D eigenvalue weighted by atomic mass is 19.1. The maximum Gasteiger partial charge on any atom is 0.217 e. The number of amides is 1. The first-order chi connectivity index (χ1) is 12.5. The van der Waals surface area contributed by atoms with E-state index >= 15 is 0 Å². The lowest BCUT2D eigenvalue weighted by Gasteiger charge is -2.35. The van der Waals surface area contributed by atoms with Crippen molar-refractivity contribution in [3.63, 3.8) is 0 Å². The molecular formula is C20H25FN4O. The van der Waals surface area contributed by atoms with Gasteiger partial charge in [0.1, 0.15) is 17.5 Å². The van der Waals surface area contributed by atoms with Crippen molar-refractivity contribution >= 4 is 11.7 Å². The number of aryl methyl sites for hydroxylation is 2. The van der Waals surface area contributed by atoms with Crippen molar-refractivity contribution in [1.29, 1.82) is 0 Å². The highest BCUT2D eigenvalue weighted by Gasteiger charge is 2.32. The van der Waals surface area contributed by atoms with Crippen molar-refractivity contribution in [3.8, 4) is 0 Å². The maximum atomic E-state index is 13.6. The Morgan fingerprint density at radius 1 is 1.27 bits per heavy atom. The fourth-order valence-corrected chi connectivity index (χ4v) is 3.35. The molecule has 0 radical (unpaired) electrons. The van der Waals surface area contributed by atoms with Gasteiger partial charge in [0.25, 0.3) is 0 Å². The van der Waals surface area contributed by atoms with Crippen molar-refractivity contribution in [1.82, 2.24) is 15.3 Å². The van der Waals surface area contributed by atoms with Crippen LogP contribution in [0.2, 0.25) is 0 Å². The summed E-state index contributed by atoms with van der Waals surface area (Å²) in [4.78, 5) is 20.1. The summed E-state index contributed by atoms with van der Waals surface area (Å²) in [5.74, 6) is 1.79. The average Bonchev–Trinajstić information content (AvgIpc) is 2.55. The van der Waals surface area contributed by atoms with Crippen LogP contribution in [0, 0.1) is 12.7 Å². The Balaban J connectivity index is 1.50. The summed E-state index contributed by atoms with van der Waals surface area (Å²) in [6, 6.07) is 9.13. The lowest BCUT2D eigenvalue weighted by Crippen LogP contribution is -2.42. The Labute approximate surface area is 153 Å². The molecule has 1 fully saturated rings. The van der Waals surface area contributed by atoms with E-state index in [9.17, 15) is 9.18 Å². The first-order valence-electron chi connectivity index (χ1n) is 9.11. The second-order valence-electron chi connectivity index (χ2n) is 6.91. The van der Waals surface area contributed by atoms with Crippen molar-refractivity contribution in [2.75, 3.05) is 11.9 Å². The van der Waals surface area contributed by atoms with Crippen molar-refractivity contribution in [2.24, 2.45) is 0 Å². The standard InChI is InChI=1S/C20H25FN4O/c1-13-23-19(16-10-17(11-16)25-14(2)26)12-20(24-13)22-9-5-7-15-6-3-4-8-18(15)21/h3-4,6,8,12,16-17H,5,7,9-11H2,1-2H3,(H,25,26)(H,22,23,24). The molecule has 5 nitrogen and oxygen atoms in total. The van der Waals surface area contributed by atoms with Gasteiger partial charge >= 0.3 is 0 Å². The Bertz CT molecular complexity index is 774. The van der Waals surface area contributed by atoms with Gasteiger partial charge in [-0.25, -0.2) is 14.4 Å². The number of carbonyl (C=O) groups excluding carboxylic acids is 1. The first kappa shape index (κ1) is 18.3. The summed E-state index contributed by atoms with van der Waals surface area (Å²) in [7, 11) is 0. The summed E-state index contributed by atoms with van der Waals surface area (Å²) in [6.07, 6.45) is 3.36. The minimum atomic E-state index is -0.147. The molecule has 1 aromatic heterocycles. The molecule has 1 aromatic carbocycles. The molecule has 0 spiro atoms. The molecule has 0 unspecified atom stereocenters. The monoisotopic (exact) mass is 356 g/mol. The van der Waals surface area contributed by atoms with E-state index in [-0.39, 0.29) is 17.8 Å². The molecule has 1 aliphatic rings. The van der Waals surface area contributed by atoms with Gasteiger partial charge in [0.05, 0.1) is 0 Å². The summed E-state index contributed by atoms with van der Waals surface area (Å²) < 4.78 is 13.6. The van der Waals surface area contributed by atoms with Gasteiger partial charge in [0.15, 0.2) is 0 Å². The number of hydrogen-bond acceptors (Lipinski definition) is 4. The SMILES string of the molecule is CC(=O)NC1CC(c2cc(NCCCc3ccccc3F)nc(C)n2)C1. The van der Waals surface area contributed by atoms with E-state index in [1.807, 2.05) is 25.1 Å². The molecular weight excluding hydrogens is 331 g/mol. The minimum Gasteiger partial charge on any atom is -0.370 e. The van der Waals surface area contributed by atoms with Gasteiger partial charge in [-0.3, -0.25) is 4.79 Å². The second-order valence-corrected chi connectivity index (χ2v) is 6.91.